The van der Waals surface area contributed by atoms with Crippen LogP contribution < -0.4 is 0 Å². The van der Waals surface area contributed by atoms with Gasteiger partial charge in [0.2, 0.25) is 15.9 Å². The molecular formula is C21H30N4O3S. The van der Waals surface area contributed by atoms with E-state index >= 15 is 0 Å². The number of benzene rings is 1. The molecule has 1 aliphatic heterocycles. The Morgan fingerprint density at radius 2 is 1.69 bits per heavy atom. The van der Waals surface area contributed by atoms with E-state index in [9.17, 15) is 13.2 Å². The SMILES string of the molecule is Cc1nn(C(C)C)c(C)c1S(=O)(=O)N1CCN(C(=O)CCc2ccccc2)CC1. The average Bonchev–Trinajstić information content (AvgIpc) is 3.02. The third-order valence-corrected chi connectivity index (χ3v) is 7.56. The van der Waals surface area contributed by atoms with Crippen molar-refractivity contribution in [3.05, 3.63) is 47.3 Å². The van der Waals surface area contributed by atoms with Crippen molar-refractivity contribution in [1.82, 2.24) is 19.0 Å². The molecule has 1 aliphatic rings. The third-order valence-electron chi connectivity index (χ3n) is 5.41. The zero-order valence-corrected chi connectivity index (χ0v) is 18.4. The number of aryl methyl sites for hydroxylation is 2. The summed E-state index contributed by atoms with van der Waals surface area (Å²) in [5, 5.41) is 4.41. The van der Waals surface area contributed by atoms with Gasteiger partial charge in [-0.2, -0.15) is 9.40 Å². The zero-order chi connectivity index (χ0) is 21.2. The standard InChI is InChI=1S/C21H30N4O3S/c1-16(2)25-18(4)21(17(3)22-25)29(27,28)24-14-12-23(13-15-24)20(26)11-10-19-8-6-5-7-9-19/h5-9,16H,10-15H2,1-4H3. The van der Waals surface area contributed by atoms with Crippen LogP contribution in [0.25, 0.3) is 0 Å². The Morgan fingerprint density at radius 1 is 1.07 bits per heavy atom. The molecule has 0 N–H and O–H groups in total. The van der Waals surface area contributed by atoms with Gasteiger partial charge in [0.25, 0.3) is 0 Å². The van der Waals surface area contributed by atoms with Crippen molar-refractivity contribution >= 4 is 15.9 Å². The average molecular weight is 419 g/mol. The van der Waals surface area contributed by atoms with Crippen molar-refractivity contribution in [2.24, 2.45) is 0 Å². The van der Waals surface area contributed by atoms with Gasteiger partial charge in [-0.25, -0.2) is 8.42 Å². The van der Waals surface area contributed by atoms with Crippen molar-refractivity contribution < 1.29 is 13.2 Å². The van der Waals surface area contributed by atoms with E-state index in [2.05, 4.69) is 5.10 Å². The van der Waals surface area contributed by atoms with Crippen LogP contribution in [-0.4, -0.2) is 59.5 Å². The van der Waals surface area contributed by atoms with Gasteiger partial charge in [-0.15, -0.1) is 0 Å². The summed E-state index contributed by atoms with van der Waals surface area (Å²) >= 11 is 0. The molecule has 0 atom stereocenters. The first-order valence-corrected chi connectivity index (χ1v) is 11.5. The molecule has 1 aromatic carbocycles. The number of piperazine rings is 1. The first-order chi connectivity index (χ1) is 13.7. The van der Waals surface area contributed by atoms with E-state index in [1.54, 1.807) is 23.4 Å². The largest absolute Gasteiger partial charge is 0.340 e. The summed E-state index contributed by atoms with van der Waals surface area (Å²) in [6, 6.07) is 10.0. The Labute approximate surface area is 173 Å². The first kappa shape index (κ1) is 21.5. The van der Waals surface area contributed by atoms with Gasteiger partial charge in [-0.1, -0.05) is 30.3 Å². The number of nitrogens with zero attached hydrogens (tertiary/aromatic N) is 4. The predicted molar refractivity (Wildman–Crippen MR) is 112 cm³/mol. The number of carbonyl (C=O) groups is 1. The minimum absolute atomic E-state index is 0.0749. The van der Waals surface area contributed by atoms with E-state index in [4.69, 9.17) is 0 Å². The fraction of sp³-hybridized carbons (Fsp3) is 0.524. The van der Waals surface area contributed by atoms with E-state index in [-0.39, 0.29) is 11.9 Å². The highest BCUT2D eigenvalue weighted by atomic mass is 32.2. The van der Waals surface area contributed by atoms with Crippen LogP contribution in [0.2, 0.25) is 0 Å². The summed E-state index contributed by atoms with van der Waals surface area (Å²) in [7, 11) is -3.63. The van der Waals surface area contributed by atoms with Crippen molar-refractivity contribution in [2.45, 2.75) is 51.5 Å². The second-order valence-corrected chi connectivity index (χ2v) is 9.68. The van der Waals surface area contributed by atoms with Gasteiger partial charge < -0.3 is 4.90 Å². The lowest BCUT2D eigenvalue weighted by molar-refractivity contribution is -0.132. The van der Waals surface area contributed by atoms with Gasteiger partial charge in [-0.05, 0) is 39.7 Å². The molecule has 158 valence electrons. The van der Waals surface area contributed by atoms with Crippen LogP contribution in [0.4, 0.5) is 0 Å². The summed E-state index contributed by atoms with van der Waals surface area (Å²) in [5.74, 6) is 0.0749. The zero-order valence-electron chi connectivity index (χ0n) is 17.6. The number of aromatic nitrogens is 2. The smallest absolute Gasteiger partial charge is 0.246 e. The normalized spacial score (nSPS) is 15.8. The fourth-order valence-corrected chi connectivity index (χ4v) is 5.67. The number of hydrogen-bond donors (Lipinski definition) is 0. The van der Waals surface area contributed by atoms with Crippen LogP contribution in [-0.2, 0) is 21.2 Å². The minimum Gasteiger partial charge on any atom is -0.340 e. The Morgan fingerprint density at radius 3 is 2.24 bits per heavy atom. The van der Waals surface area contributed by atoms with E-state index in [1.165, 1.54) is 4.31 Å². The second-order valence-electron chi connectivity index (χ2n) is 7.81. The van der Waals surface area contributed by atoms with Crippen molar-refractivity contribution in [3.8, 4) is 0 Å². The van der Waals surface area contributed by atoms with E-state index < -0.39 is 10.0 Å². The van der Waals surface area contributed by atoms with E-state index in [1.807, 2.05) is 44.2 Å². The lowest BCUT2D eigenvalue weighted by atomic mass is 10.1. The van der Waals surface area contributed by atoms with Gasteiger partial charge in [0.15, 0.2) is 0 Å². The highest BCUT2D eigenvalue weighted by Gasteiger charge is 2.34. The summed E-state index contributed by atoms with van der Waals surface area (Å²) in [4.78, 5) is 14.6. The van der Waals surface area contributed by atoms with Crippen LogP contribution in [0.1, 0.15) is 43.3 Å². The summed E-state index contributed by atoms with van der Waals surface area (Å²) in [6.07, 6.45) is 1.14. The predicted octanol–water partition coefficient (Wildman–Crippen LogP) is 2.55. The molecule has 0 aliphatic carbocycles. The molecule has 0 unspecified atom stereocenters. The Hall–Kier alpha value is -2.19. The fourth-order valence-electron chi connectivity index (χ4n) is 3.88. The first-order valence-electron chi connectivity index (χ1n) is 10.1. The molecule has 1 saturated heterocycles. The maximum absolute atomic E-state index is 13.2. The van der Waals surface area contributed by atoms with Crippen LogP contribution in [0, 0.1) is 13.8 Å². The number of hydrogen-bond acceptors (Lipinski definition) is 4. The molecular weight excluding hydrogens is 388 g/mol. The molecule has 2 aromatic rings. The summed E-state index contributed by atoms with van der Waals surface area (Å²) < 4.78 is 29.7. The van der Waals surface area contributed by atoms with Crippen molar-refractivity contribution in [1.29, 1.82) is 0 Å². The van der Waals surface area contributed by atoms with Gasteiger partial charge in [0.05, 0.1) is 11.4 Å². The third kappa shape index (κ3) is 4.53. The maximum Gasteiger partial charge on any atom is 0.246 e. The quantitative estimate of drug-likeness (QED) is 0.722. The summed E-state index contributed by atoms with van der Waals surface area (Å²) in [5.41, 5.74) is 2.33. The molecule has 8 heteroatoms. The summed E-state index contributed by atoms with van der Waals surface area (Å²) in [6.45, 7) is 8.96. The van der Waals surface area contributed by atoms with Gasteiger partial charge in [0, 0.05) is 38.6 Å². The molecule has 0 saturated carbocycles. The molecule has 1 amide bonds. The lowest BCUT2D eigenvalue weighted by Gasteiger charge is -2.34. The van der Waals surface area contributed by atoms with Crippen LogP contribution >= 0.6 is 0 Å². The topological polar surface area (TPSA) is 75.5 Å². The molecule has 1 aromatic heterocycles. The number of sulfonamides is 1. The van der Waals surface area contributed by atoms with Gasteiger partial charge in [0.1, 0.15) is 4.90 Å². The Balaban J connectivity index is 1.63. The number of rotatable bonds is 6. The highest BCUT2D eigenvalue weighted by molar-refractivity contribution is 7.89. The Bertz CT molecular complexity index is 959. The van der Waals surface area contributed by atoms with E-state index in [0.717, 1.165) is 5.56 Å². The minimum atomic E-state index is -3.63. The van der Waals surface area contributed by atoms with Crippen LogP contribution in [0.5, 0.6) is 0 Å². The lowest BCUT2D eigenvalue weighted by Crippen LogP contribution is -2.50. The molecule has 29 heavy (non-hydrogen) atoms. The van der Waals surface area contributed by atoms with Crippen molar-refractivity contribution in [3.63, 3.8) is 0 Å². The molecule has 0 radical (unpaired) electrons. The van der Waals surface area contributed by atoms with Crippen LogP contribution in [0.15, 0.2) is 35.2 Å². The van der Waals surface area contributed by atoms with Crippen molar-refractivity contribution in [2.75, 3.05) is 26.2 Å². The molecule has 2 heterocycles. The van der Waals surface area contributed by atoms with Crippen LogP contribution in [0.3, 0.4) is 0 Å². The maximum atomic E-state index is 13.2. The molecule has 3 rings (SSSR count). The number of amides is 1. The number of carbonyl (C=O) groups excluding carboxylic acids is 1. The monoisotopic (exact) mass is 418 g/mol. The van der Waals surface area contributed by atoms with E-state index in [0.29, 0.717) is 55.3 Å². The molecule has 0 bridgehead atoms. The molecule has 1 fully saturated rings. The highest BCUT2D eigenvalue weighted by Crippen LogP contribution is 2.26. The van der Waals surface area contributed by atoms with Gasteiger partial charge >= 0.3 is 0 Å². The Kier molecular flexibility index (Phi) is 6.43. The molecule has 0 spiro atoms. The second kappa shape index (κ2) is 8.67. The molecule has 7 nitrogen and oxygen atoms in total. The van der Waals surface area contributed by atoms with Gasteiger partial charge in [-0.3, -0.25) is 9.48 Å².